The first-order chi connectivity index (χ1) is 24.3. The maximum absolute atomic E-state index is 13.7. The highest BCUT2D eigenvalue weighted by Crippen LogP contribution is 2.46. The fraction of sp³-hybridized carbons (Fsp3) is 0.526. The quantitative estimate of drug-likeness (QED) is 0.171. The molecule has 1 saturated carbocycles. The van der Waals surface area contributed by atoms with Gasteiger partial charge in [0.05, 0.1) is 33.4 Å². The highest BCUT2D eigenvalue weighted by Gasteiger charge is 2.54. The minimum absolute atomic E-state index is 0.00134. The number of nitrogens with one attached hydrogen (secondary N) is 2. The summed E-state index contributed by atoms with van der Waals surface area (Å²) in [5.74, 6) is 0.916. The van der Waals surface area contributed by atoms with E-state index in [0.717, 1.165) is 24.2 Å². The molecule has 0 bridgehead atoms. The predicted molar refractivity (Wildman–Crippen MR) is 196 cm³/mol. The lowest BCUT2D eigenvalue weighted by atomic mass is 9.88. The van der Waals surface area contributed by atoms with Crippen molar-refractivity contribution in [3.8, 4) is 16.9 Å². The fourth-order valence-electron chi connectivity index (χ4n) is 6.95. The van der Waals surface area contributed by atoms with Crippen LogP contribution in [-0.4, -0.2) is 99.8 Å². The third-order valence-corrected chi connectivity index (χ3v) is 14.8. The van der Waals surface area contributed by atoms with E-state index in [4.69, 9.17) is 9.47 Å². The van der Waals surface area contributed by atoms with Gasteiger partial charge in [0.25, 0.3) is 0 Å². The smallest absolute Gasteiger partial charge is 0.243 e. The molecule has 13 heteroatoms. The van der Waals surface area contributed by atoms with Crippen molar-refractivity contribution in [3.05, 3.63) is 78.4 Å². The van der Waals surface area contributed by atoms with Crippen LogP contribution in [0, 0.1) is 5.92 Å². The van der Waals surface area contributed by atoms with Crippen molar-refractivity contribution in [1.29, 1.82) is 0 Å². The van der Waals surface area contributed by atoms with Crippen molar-refractivity contribution < 1.29 is 36.5 Å². The standard InChI is InChI=1S/C38H51N3O8S2/c1-28(2)22-39-23-29-9-11-30(12-10-29)31-5-3-8-36(19-31)51(46,47)41-17-15-37(16-18-41)21-32(25-49-37)40-24-33(43)26-48-34-6-4-7-35(20-34)50(44,45)38(27-42)13-14-38/h3-12,19-20,28,32-33,39-40,42-43H,13-18,21-27H2,1-2H3. The minimum atomic E-state index is -3.69. The highest BCUT2D eigenvalue weighted by molar-refractivity contribution is 7.93. The van der Waals surface area contributed by atoms with E-state index in [-0.39, 0.29) is 29.0 Å². The molecule has 2 unspecified atom stereocenters. The van der Waals surface area contributed by atoms with Crippen LogP contribution in [0.15, 0.2) is 82.6 Å². The topological polar surface area (TPSA) is 154 Å². The van der Waals surface area contributed by atoms with Gasteiger partial charge in [0.2, 0.25) is 10.0 Å². The molecule has 51 heavy (non-hydrogen) atoms. The molecule has 0 amide bonds. The maximum Gasteiger partial charge on any atom is 0.243 e. The molecule has 0 aromatic heterocycles. The van der Waals surface area contributed by atoms with Gasteiger partial charge in [0.15, 0.2) is 9.84 Å². The normalized spacial score (nSPS) is 20.8. The summed E-state index contributed by atoms with van der Waals surface area (Å²) in [4.78, 5) is 0.388. The zero-order chi connectivity index (χ0) is 36.3. The Balaban J connectivity index is 0.962. The molecular weight excluding hydrogens is 691 g/mol. The number of hydrogen-bond acceptors (Lipinski definition) is 10. The van der Waals surface area contributed by atoms with Crippen LogP contribution < -0.4 is 15.4 Å². The molecule has 3 aromatic carbocycles. The highest BCUT2D eigenvalue weighted by atomic mass is 32.2. The Bertz CT molecular complexity index is 1860. The van der Waals surface area contributed by atoms with E-state index in [1.165, 1.54) is 17.7 Å². The summed E-state index contributed by atoms with van der Waals surface area (Å²) in [5.41, 5.74) is 2.59. The second kappa shape index (κ2) is 15.6. The number of nitrogens with zero attached hydrogens (tertiary/aromatic N) is 1. The van der Waals surface area contributed by atoms with Gasteiger partial charge in [-0.25, -0.2) is 16.8 Å². The summed E-state index contributed by atoms with van der Waals surface area (Å²) in [5, 5.41) is 27.0. The van der Waals surface area contributed by atoms with Crippen molar-refractivity contribution in [2.45, 2.75) is 84.8 Å². The Morgan fingerprint density at radius 3 is 2.29 bits per heavy atom. The van der Waals surface area contributed by atoms with Gasteiger partial charge in [-0.15, -0.1) is 0 Å². The zero-order valence-electron chi connectivity index (χ0n) is 29.5. The average molecular weight is 742 g/mol. The second-order valence-corrected chi connectivity index (χ2v) is 19.0. The number of benzene rings is 3. The number of sulfone groups is 1. The first kappa shape index (κ1) is 37.9. The Labute approximate surface area is 302 Å². The van der Waals surface area contributed by atoms with E-state index in [2.05, 4.69) is 36.6 Å². The summed E-state index contributed by atoms with van der Waals surface area (Å²) in [6, 6.07) is 21.5. The van der Waals surface area contributed by atoms with E-state index >= 15 is 0 Å². The van der Waals surface area contributed by atoms with Crippen LogP contribution in [-0.2, 0) is 31.1 Å². The summed E-state index contributed by atoms with van der Waals surface area (Å²) in [6.07, 6.45) is 1.90. The molecule has 3 aliphatic rings. The van der Waals surface area contributed by atoms with Crippen molar-refractivity contribution in [3.63, 3.8) is 0 Å². The molecule has 2 atom stereocenters. The molecule has 0 radical (unpaired) electrons. The number of rotatable bonds is 16. The summed E-state index contributed by atoms with van der Waals surface area (Å²) in [7, 11) is -7.36. The molecule has 3 fully saturated rings. The van der Waals surface area contributed by atoms with Crippen molar-refractivity contribution in [2.24, 2.45) is 5.92 Å². The van der Waals surface area contributed by atoms with Gasteiger partial charge in [0, 0.05) is 32.2 Å². The predicted octanol–water partition coefficient (Wildman–Crippen LogP) is 3.74. The van der Waals surface area contributed by atoms with E-state index in [1.54, 1.807) is 34.6 Å². The Morgan fingerprint density at radius 1 is 0.902 bits per heavy atom. The van der Waals surface area contributed by atoms with E-state index in [1.807, 2.05) is 18.2 Å². The third kappa shape index (κ3) is 8.68. The number of aliphatic hydroxyl groups is 2. The number of piperidine rings is 1. The molecule has 1 aliphatic carbocycles. The molecule has 11 nitrogen and oxygen atoms in total. The molecule has 278 valence electrons. The van der Waals surface area contributed by atoms with Crippen LogP contribution in [0.2, 0.25) is 0 Å². The first-order valence-electron chi connectivity index (χ1n) is 17.9. The summed E-state index contributed by atoms with van der Waals surface area (Å²) < 4.78 is 65.7. The van der Waals surface area contributed by atoms with Gasteiger partial charge in [-0.05, 0) is 91.6 Å². The number of ether oxygens (including phenoxy) is 2. The molecule has 1 spiro atoms. The average Bonchev–Trinajstić information content (AvgIpc) is 3.86. The van der Waals surface area contributed by atoms with E-state index in [9.17, 15) is 27.0 Å². The van der Waals surface area contributed by atoms with E-state index < -0.39 is 42.9 Å². The molecule has 2 aliphatic heterocycles. The van der Waals surface area contributed by atoms with Crippen LogP contribution in [0.5, 0.6) is 5.75 Å². The van der Waals surface area contributed by atoms with Crippen molar-refractivity contribution in [2.75, 3.05) is 46.0 Å². The molecule has 4 N–H and O–H groups in total. The van der Waals surface area contributed by atoms with Gasteiger partial charge in [-0.3, -0.25) is 0 Å². The van der Waals surface area contributed by atoms with Gasteiger partial charge in [0.1, 0.15) is 18.5 Å². The third-order valence-electron chi connectivity index (χ3n) is 10.3. The lowest BCUT2D eigenvalue weighted by Crippen LogP contribution is -2.47. The van der Waals surface area contributed by atoms with Gasteiger partial charge < -0.3 is 30.3 Å². The molecule has 6 rings (SSSR count). The van der Waals surface area contributed by atoms with Crippen LogP contribution >= 0.6 is 0 Å². The van der Waals surface area contributed by atoms with Crippen molar-refractivity contribution >= 4 is 19.9 Å². The van der Waals surface area contributed by atoms with E-state index in [0.29, 0.717) is 63.5 Å². The monoisotopic (exact) mass is 741 g/mol. The first-order valence-corrected chi connectivity index (χ1v) is 20.8. The zero-order valence-corrected chi connectivity index (χ0v) is 31.1. The summed E-state index contributed by atoms with van der Waals surface area (Å²) in [6.45, 7) is 7.10. The Hall–Kier alpha value is -2.88. The van der Waals surface area contributed by atoms with Gasteiger partial charge in [-0.1, -0.05) is 56.3 Å². The van der Waals surface area contributed by atoms with Crippen LogP contribution in [0.25, 0.3) is 11.1 Å². The maximum atomic E-state index is 13.7. The van der Waals surface area contributed by atoms with Crippen LogP contribution in [0.1, 0.15) is 51.5 Å². The molecular formula is C38H51N3O8S2. The van der Waals surface area contributed by atoms with Crippen LogP contribution in [0.3, 0.4) is 0 Å². The van der Waals surface area contributed by atoms with Gasteiger partial charge >= 0.3 is 0 Å². The molecule has 2 saturated heterocycles. The largest absolute Gasteiger partial charge is 0.491 e. The Morgan fingerprint density at radius 2 is 1.61 bits per heavy atom. The molecule has 2 heterocycles. The molecule has 3 aromatic rings. The lowest BCUT2D eigenvalue weighted by molar-refractivity contribution is -0.0312. The SMILES string of the molecule is CC(C)CNCc1ccc(-c2cccc(S(=O)(=O)N3CCC4(CC3)CC(NCC(O)COc3cccc(S(=O)(=O)C5(CO)CC5)c3)CO4)c2)cc1. The van der Waals surface area contributed by atoms with Gasteiger partial charge in [-0.2, -0.15) is 4.31 Å². The Kier molecular flexibility index (Phi) is 11.6. The van der Waals surface area contributed by atoms with Crippen molar-refractivity contribution in [1.82, 2.24) is 14.9 Å². The second-order valence-electron chi connectivity index (χ2n) is 14.7. The lowest BCUT2D eigenvalue weighted by Gasteiger charge is -2.38. The van der Waals surface area contributed by atoms with Crippen LogP contribution in [0.4, 0.5) is 0 Å². The minimum Gasteiger partial charge on any atom is -0.491 e. The number of hydrogen-bond donors (Lipinski definition) is 4. The number of aliphatic hydroxyl groups excluding tert-OH is 2. The summed E-state index contributed by atoms with van der Waals surface area (Å²) >= 11 is 0. The number of sulfonamides is 1. The fourth-order valence-corrected chi connectivity index (χ4v) is 10.3.